The second-order valence-electron chi connectivity index (χ2n) is 6.09. The topological polar surface area (TPSA) is 67.9 Å². The molecular formula is C16H19N5OS. The van der Waals surface area contributed by atoms with Gasteiger partial charge in [0.25, 0.3) is 0 Å². The number of thiophene rings is 1. The Morgan fingerprint density at radius 2 is 1.96 bits per heavy atom. The normalized spacial score (nSPS) is 16.4. The summed E-state index contributed by atoms with van der Waals surface area (Å²) in [6, 6.07) is 0. The Labute approximate surface area is 138 Å². The van der Waals surface area contributed by atoms with Crippen LogP contribution in [0.15, 0.2) is 10.9 Å². The molecule has 0 N–H and O–H groups in total. The SMILES string of the molecule is Cc1nc(C2CCN(c3ncnc4sc(C)c(C)c34)CC2)no1. The number of nitrogens with zero attached hydrogens (tertiary/aromatic N) is 5. The van der Waals surface area contributed by atoms with E-state index in [0.717, 1.165) is 42.4 Å². The average Bonchev–Trinajstić information content (AvgIpc) is 3.12. The van der Waals surface area contributed by atoms with Crippen LogP contribution in [0, 0.1) is 20.8 Å². The summed E-state index contributed by atoms with van der Waals surface area (Å²) in [7, 11) is 0. The third-order valence-corrected chi connectivity index (χ3v) is 5.76. The maximum Gasteiger partial charge on any atom is 0.223 e. The lowest BCUT2D eigenvalue weighted by molar-refractivity contribution is 0.375. The molecule has 6 nitrogen and oxygen atoms in total. The molecule has 0 saturated carbocycles. The van der Waals surface area contributed by atoms with Crippen LogP contribution in [0.5, 0.6) is 0 Å². The van der Waals surface area contributed by atoms with Gasteiger partial charge in [-0.05, 0) is 32.3 Å². The first-order valence-electron chi connectivity index (χ1n) is 7.89. The van der Waals surface area contributed by atoms with Gasteiger partial charge in [0, 0.05) is 30.8 Å². The molecule has 1 aliphatic heterocycles. The van der Waals surface area contributed by atoms with Gasteiger partial charge >= 0.3 is 0 Å². The molecule has 120 valence electrons. The standard InChI is InChI=1S/C16H19N5OS/c1-9-10(2)23-16-13(9)15(17-8-18-16)21-6-4-12(5-7-21)14-19-11(3)22-20-14/h8,12H,4-7H2,1-3H3. The van der Waals surface area contributed by atoms with E-state index >= 15 is 0 Å². The van der Waals surface area contributed by atoms with Crippen LogP contribution in [0.25, 0.3) is 10.2 Å². The summed E-state index contributed by atoms with van der Waals surface area (Å²) in [6.45, 7) is 8.06. The summed E-state index contributed by atoms with van der Waals surface area (Å²) in [5.41, 5.74) is 1.30. The van der Waals surface area contributed by atoms with Crippen LogP contribution in [0.4, 0.5) is 5.82 Å². The Morgan fingerprint density at radius 3 is 2.65 bits per heavy atom. The predicted octanol–water partition coefficient (Wildman–Crippen LogP) is 3.38. The number of fused-ring (bicyclic) bond motifs is 1. The van der Waals surface area contributed by atoms with Gasteiger partial charge in [0.05, 0.1) is 5.39 Å². The second kappa shape index (κ2) is 5.56. The summed E-state index contributed by atoms with van der Waals surface area (Å²) >= 11 is 1.75. The molecule has 0 amide bonds. The summed E-state index contributed by atoms with van der Waals surface area (Å²) < 4.78 is 5.11. The van der Waals surface area contributed by atoms with Crippen molar-refractivity contribution in [3.63, 3.8) is 0 Å². The minimum absolute atomic E-state index is 0.381. The summed E-state index contributed by atoms with van der Waals surface area (Å²) in [6.07, 6.45) is 3.72. The molecular weight excluding hydrogens is 310 g/mol. The van der Waals surface area contributed by atoms with Crippen LogP contribution in [0.3, 0.4) is 0 Å². The largest absolute Gasteiger partial charge is 0.356 e. The summed E-state index contributed by atoms with van der Waals surface area (Å²) in [5, 5.41) is 5.29. The Hall–Kier alpha value is -2.02. The molecule has 1 aliphatic rings. The number of piperidine rings is 1. The number of aromatic nitrogens is 4. The van der Waals surface area contributed by atoms with E-state index in [0.29, 0.717) is 11.8 Å². The van der Waals surface area contributed by atoms with Crippen molar-refractivity contribution in [2.24, 2.45) is 0 Å². The van der Waals surface area contributed by atoms with Crippen LogP contribution < -0.4 is 4.90 Å². The smallest absolute Gasteiger partial charge is 0.223 e. The second-order valence-corrected chi connectivity index (χ2v) is 7.30. The van der Waals surface area contributed by atoms with Gasteiger partial charge in [-0.2, -0.15) is 4.98 Å². The van der Waals surface area contributed by atoms with Gasteiger partial charge in [-0.25, -0.2) is 9.97 Å². The number of hydrogen-bond acceptors (Lipinski definition) is 7. The zero-order chi connectivity index (χ0) is 16.0. The fourth-order valence-electron chi connectivity index (χ4n) is 3.23. The molecule has 1 fully saturated rings. The minimum Gasteiger partial charge on any atom is -0.356 e. The third kappa shape index (κ3) is 2.49. The Kier molecular flexibility index (Phi) is 3.52. The summed E-state index contributed by atoms with van der Waals surface area (Å²) in [5.74, 6) is 2.94. The molecule has 0 bridgehead atoms. The highest BCUT2D eigenvalue weighted by molar-refractivity contribution is 7.18. The van der Waals surface area contributed by atoms with E-state index in [1.165, 1.54) is 15.8 Å². The van der Waals surface area contributed by atoms with Gasteiger partial charge in [-0.3, -0.25) is 0 Å². The number of aryl methyl sites for hydroxylation is 3. The molecule has 0 aliphatic carbocycles. The van der Waals surface area contributed by atoms with Gasteiger partial charge in [0.2, 0.25) is 5.89 Å². The predicted molar refractivity (Wildman–Crippen MR) is 90.1 cm³/mol. The molecule has 0 aromatic carbocycles. The van der Waals surface area contributed by atoms with E-state index in [1.54, 1.807) is 17.7 Å². The highest BCUT2D eigenvalue weighted by Crippen LogP contribution is 2.36. The van der Waals surface area contributed by atoms with Gasteiger partial charge in [-0.1, -0.05) is 5.16 Å². The fourth-order valence-corrected chi connectivity index (χ4v) is 4.23. The molecule has 7 heteroatoms. The van der Waals surface area contributed by atoms with Crippen molar-refractivity contribution in [2.45, 2.75) is 39.5 Å². The number of hydrogen-bond donors (Lipinski definition) is 0. The van der Waals surface area contributed by atoms with E-state index in [-0.39, 0.29) is 0 Å². The Bertz CT molecular complexity index is 847. The molecule has 4 rings (SSSR count). The van der Waals surface area contributed by atoms with Crippen LogP contribution in [-0.4, -0.2) is 33.2 Å². The lowest BCUT2D eigenvalue weighted by Gasteiger charge is -2.31. The molecule has 0 atom stereocenters. The first-order valence-corrected chi connectivity index (χ1v) is 8.71. The van der Waals surface area contributed by atoms with Crippen LogP contribution in [0.2, 0.25) is 0 Å². The zero-order valence-electron chi connectivity index (χ0n) is 13.5. The van der Waals surface area contributed by atoms with E-state index in [4.69, 9.17) is 4.52 Å². The molecule has 4 heterocycles. The maximum atomic E-state index is 5.11. The van der Waals surface area contributed by atoms with E-state index in [9.17, 15) is 0 Å². The first kappa shape index (κ1) is 14.6. The van der Waals surface area contributed by atoms with Crippen LogP contribution in [0.1, 0.15) is 40.9 Å². The van der Waals surface area contributed by atoms with Crippen molar-refractivity contribution in [1.29, 1.82) is 0 Å². The lowest BCUT2D eigenvalue weighted by atomic mass is 9.96. The molecule has 0 spiro atoms. The van der Waals surface area contributed by atoms with Crippen molar-refractivity contribution in [2.75, 3.05) is 18.0 Å². The quantitative estimate of drug-likeness (QED) is 0.718. The monoisotopic (exact) mass is 329 g/mol. The van der Waals surface area contributed by atoms with Crippen LogP contribution >= 0.6 is 11.3 Å². The van der Waals surface area contributed by atoms with Gasteiger partial charge in [-0.15, -0.1) is 11.3 Å². The Morgan fingerprint density at radius 1 is 1.17 bits per heavy atom. The first-order chi connectivity index (χ1) is 11.1. The van der Waals surface area contributed by atoms with Crippen molar-refractivity contribution >= 4 is 27.4 Å². The van der Waals surface area contributed by atoms with Crippen LogP contribution in [-0.2, 0) is 0 Å². The van der Waals surface area contributed by atoms with Gasteiger partial charge in [0.1, 0.15) is 17.0 Å². The highest BCUT2D eigenvalue weighted by atomic mass is 32.1. The van der Waals surface area contributed by atoms with Crippen molar-refractivity contribution in [3.05, 3.63) is 28.5 Å². The molecule has 0 unspecified atom stereocenters. The molecule has 23 heavy (non-hydrogen) atoms. The van der Waals surface area contributed by atoms with Crippen molar-refractivity contribution < 1.29 is 4.52 Å². The molecule has 3 aromatic heterocycles. The van der Waals surface area contributed by atoms with Gasteiger partial charge < -0.3 is 9.42 Å². The average molecular weight is 329 g/mol. The Balaban J connectivity index is 1.59. The maximum absolute atomic E-state index is 5.11. The third-order valence-electron chi connectivity index (χ3n) is 4.65. The molecule has 1 saturated heterocycles. The van der Waals surface area contributed by atoms with E-state index in [1.807, 2.05) is 6.92 Å². The zero-order valence-corrected chi connectivity index (χ0v) is 14.4. The van der Waals surface area contributed by atoms with E-state index < -0.39 is 0 Å². The summed E-state index contributed by atoms with van der Waals surface area (Å²) in [4.78, 5) is 18.2. The van der Waals surface area contributed by atoms with E-state index in [2.05, 4.69) is 38.9 Å². The number of anilines is 1. The minimum atomic E-state index is 0.381. The molecule has 3 aromatic rings. The number of rotatable bonds is 2. The van der Waals surface area contributed by atoms with Gasteiger partial charge in [0.15, 0.2) is 5.82 Å². The van der Waals surface area contributed by atoms with Crippen molar-refractivity contribution in [3.8, 4) is 0 Å². The fraction of sp³-hybridized carbons (Fsp3) is 0.500. The van der Waals surface area contributed by atoms with Crippen molar-refractivity contribution in [1.82, 2.24) is 20.1 Å². The molecule has 0 radical (unpaired) electrons. The lowest BCUT2D eigenvalue weighted by Crippen LogP contribution is -2.34. The highest BCUT2D eigenvalue weighted by Gasteiger charge is 2.26.